The lowest BCUT2D eigenvalue weighted by molar-refractivity contribution is -0.113. The van der Waals surface area contributed by atoms with Crippen molar-refractivity contribution in [3.8, 4) is 0 Å². The zero-order valence-electron chi connectivity index (χ0n) is 8.49. The van der Waals surface area contributed by atoms with Gasteiger partial charge in [-0.3, -0.25) is 9.59 Å². The van der Waals surface area contributed by atoms with Crippen LogP contribution in [-0.4, -0.2) is 17.9 Å². The van der Waals surface area contributed by atoms with Gasteiger partial charge in [0.2, 0.25) is 5.91 Å². The maximum absolute atomic E-state index is 12.1. The van der Waals surface area contributed by atoms with Gasteiger partial charge in [0.25, 0.3) is 5.78 Å². The fourth-order valence-electron chi connectivity index (χ4n) is 1.09. The van der Waals surface area contributed by atoms with Gasteiger partial charge < -0.3 is 5.73 Å². The Hall–Kier alpha value is -2.11. The number of alkyl halides is 3. The summed E-state index contributed by atoms with van der Waals surface area (Å²) in [4.78, 5) is 21.2. The second-order valence-corrected chi connectivity index (χ2v) is 3.18. The second kappa shape index (κ2) is 4.82. The summed E-state index contributed by atoms with van der Waals surface area (Å²) < 4.78 is 36.2. The predicted molar refractivity (Wildman–Crippen MR) is 55.1 cm³/mol. The molecule has 0 spiro atoms. The number of Topliss-reactive ketones (excluding diaryl/α,β-unsaturated/α-hetero) is 1. The number of carbonyl (C=O) groups excluding carboxylic acids is 2. The van der Waals surface area contributed by atoms with Gasteiger partial charge in [-0.25, -0.2) is 0 Å². The van der Waals surface area contributed by atoms with Crippen LogP contribution in [0, 0.1) is 0 Å². The zero-order valence-corrected chi connectivity index (χ0v) is 8.49. The van der Waals surface area contributed by atoms with E-state index in [2.05, 4.69) is 0 Å². The summed E-state index contributed by atoms with van der Waals surface area (Å²) >= 11 is 0. The molecule has 0 unspecified atom stereocenters. The van der Waals surface area contributed by atoms with Crippen molar-refractivity contribution in [3.63, 3.8) is 0 Å². The van der Waals surface area contributed by atoms with Gasteiger partial charge in [-0.2, -0.15) is 13.2 Å². The van der Waals surface area contributed by atoms with Crippen LogP contribution in [0.4, 0.5) is 13.2 Å². The maximum Gasteiger partial charge on any atom is 0.454 e. The molecule has 90 valence electrons. The molecule has 0 aliphatic heterocycles. The number of hydrogen-bond donors (Lipinski definition) is 1. The highest BCUT2D eigenvalue weighted by molar-refractivity contribution is 6.00. The first-order chi connectivity index (χ1) is 7.80. The molecule has 2 N–H and O–H groups in total. The lowest BCUT2D eigenvalue weighted by Crippen LogP contribution is -2.22. The number of benzene rings is 1. The summed E-state index contributed by atoms with van der Waals surface area (Å²) in [6.07, 6.45) is -2.48. The highest BCUT2D eigenvalue weighted by Gasteiger charge is 2.38. The average Bonchev–Trinajstić information content (AvgIpc) is 2.25. The topological polar surface area (TPSA) is 60.2 Å². The van der Waals surface area contributed by atoms with E-state index < -0.39 is 23.4 Å². The molecule has 0 aliphatic rings. The van der Waals surface area contributed by atoms with E-state index in [9.17, 15) is 22.8 Å². The molecule has 0 bridgehead atoms. The summed E-state index contributed by atoms with van der Waals surface area (Å²) in [6.45, 7) is 0. The van der Waals surface area contributed by atoms with Gasteiger partial charge in [-0.05, 0) is 11.6 Å². The fourth-order valence-corrected chi connectivity index (χ4v) is 1.09. The molecule has 6 heteroatoms. The van der Waals surface area contributed by atoms with E-state index in [-0.39, 0.29) is 0 Å². The molecule has 0 aliphatic carbocycles. The minimum absolute atomic E-state index is 0.450. The molecule has 1 aromatic carbocycles. The monoisotopic (exact) mass is 243 g/mol. The van der Waals surface area contributed by atoms with Gasteiger partial charge in [-0.1, -0.05) is 24.3 Å². The Morgan fingerprint density at radius 2 is 1.65 bits per heavy atom. The number of rotatable bonds is 3. The Morgan fingerprint density at radius 3 is 2.06 bits per heavy atom. The van der Waals surface area contributed by atoms with Gasteiger partial charge in [0.1, 0.15) is 0 Å². The van der Waals surface area contributed by atoms with E-state index in [4.69, 9.17) is 5.73 Å². The molecule has 0 radical (unpaired) electrons. The Morgan fingerprint density at radius 1 is 1.12 bits per heavy atom. The third-order valence-corrected chi connectivity index (χ3v) is 1.87. The van der Waals surface area contributed by atoms with Crippen LogP contribution in [0.3, 0.4) is 0 Å². The van der Waals surface area contributed by atoms with Crippen molar-refractivity contribution in [1.29, 1.82) is 0 Å². The van der Waals surface area contributed by atoms with Gasteiger partial charge in [0, 0.05) is 11.6 Å². The van der Waals surface area contributed by atoms with Crippen molar-refractivity contribution < 1.29 is 22.8 Å². The van der Waals surface area contributed by atoms with Crippen LogP contribution in [0.15, 0.2) is 30.3 Å². The molecule has 1 amide bonds. The molecule has 0 aromatic heterocycles. The van der Waals surface area contributed by atoms with Crippen molar-refractivity contribution in [1.82, 2.24) is 0 Å². The Labute approximate surface area is 94.7 Å². The highest BCUT2D eigenvalue weighted by atomic mass is 19.4. The standard InChI is InChI=1S/C11H8F3NO2/c12-11(13,14)10(17)8-4-1-7(2-5-8)3-6-9(15)16/h1-6H,(H2,15,16). The predicted octanol–water partition coefficient (Wildman–Crippen LogP) is 1.93. The van der Waals surface area contributed by atoms with Crippen LogP contribution in [0.5, 0.6) is 0 Å². The number of halogens is 3. The second-order valence-electron chi connectivity index (χ2n) is 3.18. The van der Waals surface area contributed by atoms with E-state index in [1.165, 1.54) is 18.2 Å². The molecule has 1 rings (SSSR count). The number of carbonyl (C=O) groups is 2. The van der Waals surface area contributed by atoms with Crippen LogP contribution in [0.1, 0.15) is 15.9 Å². The smallest absolute Gasteiger partial charge is 0.366 e. The number of amides is 1. The lowest BCUT2D eigenvalue weighted by atomic mass is 10.1. The number of hydrogen-bond acceptors (Lipinski definition) is 2. The summed E-state index contributed by atoms with van der Waals surface area (Å²) in [5.74, 6) is -2.57. The van der Waals surface area contributed by atoms with Crippen LogP contribution in [0.2, 0.25) is 0 Å². The summed E-state index contributed by atoms with van der Waals surface area (Å²) in [7, 11) is 0. The summed E-state index contributed by atoms with van der Waals surface area (Å²) in [5.41, 5.74) is 4.87. The normalized spacial score (nSPS) is 11.7. The Bertz CT molecular complexity index is 461. The molecule has 0 saturated heterocycles. The van der Waals surface area contributed by atoms with Gasteiger partial charge in [0.15, 0.2) is 0 Å². The van der Waals surface area contributed by atoms with Crippen molar-refractivity contribution in [2.24, 2.45) is 5.73 Å². The molecule has 3 nitrogen and oxygen atoms in total. The first kappa shape index (κ1) is 13.0. The number of nitrogens with two attached hydrogens (primary N) is 1. The van der Waals surface area contributed by atoms with Crippen LogP contribution >= 0.6 is 0 Å². The third kappa shape index (κ3) is 3.75. The fraction of sp³-hybridized carbons (Fsp3) is 0.0909. The van der Waals surface area contributed by atoms with Crippen LogP contribution in [-0.2, 0) is 4.79 Å². The molecular formula is C11H8F3NO2. The van der Waals surface area contributed by atoms with Crippen molar-refractivity contribution in [2.75, 3.05) is 0 Å². The van der Waals surface area contributed by atoms with Crippen molar-refractivity contribution >= 4 is 17.8 Å². The Kier molecular flexibility index (Phi) is 3.67. The largest absolute Gasteiger partial charge is 0.454 e. The molecule has 0 atom stereocenters. The first-order valence-electron chi connectivity index (χ1n) is 4.50. The van der Waals surface area contributed by atoms with E-state index in [1.54, 1.807) is 0 Å². The highest BCUT2D eigenvalue weighted by Crippen LogP contribution is 2.21. The molecule has 0 saturated carbocycles. The maximum atomic E-state index is 12.1. The zero-order chi connectivity index (χ0) is 13.1. The van der Waals surface area contributed by atoms with E-state index in [0.717, 1.165) is 18.2 Å². The van der Waals surface area contributed by atoms with E-state index in [0.29, 0.717) is 5.56 Å². The van der Waals surface area contributed by atoms with Crippen LogP contribution in [0.25, 0.3) is 6.08 Å². The van der Waals surface area contributed by atoms with Gasteiger partial charge in [0.05, 0.1) is 0 Å². The molecule has 0 heterocycles. The van der Waals surface area contributed by atoms with E-state index >= 15 is 0 Å². The van der Waals surface area contributed by atoms with Gasteiger partial charge in [-0.15, -0.1) is 0 Å². The minimum Gasteiger partial charge on any atom is -0.366 e. The van der Waals surface area contributed by atoms with Crippen molar-refractivity contribution in [3.05, 3.63) is 41.5 Å². The van der Waals surface area contributed by atoms with E-state index in [1.807, 2.05) is 0 Å². The van der Waals surface area contributed by atoms with Crippen LogP contribution < -0.4 is 5.73 Å². The molecule has 17 heavy (non-hydrogen) atoms. The first-order valence-corrected chi connectivity index (χ1v) is 4.50. The molecule has 0 fully saturated rings. The van der Waals surface area contributed by atoms with Crippen molar-refractivity contribution in [2.45, 2.75) is 6.18 Å². The Balaban J connectivity index is 2.89. The molecular weight excluding hydrogens is 235 g/mol. The average molecular weight is 243 g/mol. The third-order valence-electron chi connectivity index (χ3n) is 1.87. The minimum atomic E-state index is -4.88. The summed E-state index contributed by atoms with van der Waals surface area (Å²) in [6, 6.07) is 4.66. The quantitative estimate of drug-likeness (QED) is 0.651. The number of primary amides is 1. The molecule has 1 aromatic rings. The number of ketones is 1. The lowest BCUT2D eigenvalue weighted by Gasteiger charge is -2.04. The van der Waals surface area contributed by atoms with Gasteiger partial charge >= 0.3 is 6.18 Å². The SMILES string of the molecule is NC(=O)C=Cc1ccc(C(=O)C(F)(F)F)cc1. The summed E-state index contributed by atoms with van der Waals surface area (Å²) in [5, 5.41) is 0.